The van der Waals surface area contributed by atoms with E-state index in [-0.39, 0.29) is 24.3 Å². The molecule has 0 radical (unpaired) electrons. The van der Waals surface area contributed by atoms with Crippen molar-refractivity contribution in [2.45, 2.75) is 17.5 Å². The van der Waals surface area contributed by atoms with E-state index in [1.54, 1.807) is 48.5 Å². The lowest BCUT2D eigenvalue weighted by molar-refractivity contribution is -0.137. The number of halogens is 4. The first-order chi connectivity index (χ1) is 20.4. The van der Waals surface area contributed by atoms with Gasteiger partial charge in [0.05, 0.1) is 41.0 Å². The Morgan fingerprint density at radius 2 is 1.72 bits per heavy atom. The minimum absolute atomic E-state index is 0.0589. The highest BCUT2D eigenvalue weighted by Crippen LogP contribution is 2.38. The summed E-state index contributed by atoms with van der Waals surface area (Å²) in [7, 11) is -0.571. The molecule has 1 aromatic heterocycles. The molecule has 0 saturated heterocycles. The number of nitrogens with zero attached hydrogens (tertiary/aromatic N) is 3. The van der Waals surface area contributed by atoms with E-state index < -0.39 is 44.1 Å². The molecule has 0 aliphatic heterocycles. The van der Waals surface area contributed by atoms with Gasteiger partial charge < -0.3 is 14.2 Å². The van der Waals surface area contributed by atoms with Crippen LogP contribution in [0.15, 0.2) is 77.8 Å². The third-order valence-electron chi connectivity index (χ3n) is 6.39. The number of para-hydroxylation sites is 1. The van der Waals surface area contributed by atoms with Crippen molar-refractivity contribution in [2.24, 2.45) is 0 Å². The van der Waals surface area contributed by atoms with Gasteiger partial charge in [-0.05, 0) is 55.0 Å². The maximum absolute atomic E-state index is 14.2. The summed E-state index contributed by atoms with van der Waals surface area (Å²) >= 11 is 5.73. The van der Waals surface area contributed by atoms with E-state index in [0.29, 0.717) is 33.1 Å². The summed E-state index contributed by atoms with van der Waals surface area (Å²) in [6, 6.07) is 15.7. The van der Waals surface area contributed by atoms with E-state index in [9.17, 15) is 26.4 Å². The van der Waals surface area contributed by atoms with Crippen LogP contribution < -0.4 is 9.47 Å². The molecule has 43 heavy (non-hydrogen) atoms. The summed E-state index contributed by atoms with van der Waals surface area (Å²) in [6.45, 7) is -0.322. The van der Waals surface area contributed by atoms with Gasteiger partial charge >= 0.3 is 6.18 Å². The van der Waals surface area contributed by atoms with Crippen LogP contribution in [0.2, 0.25) is 5.02 Å². The average Bonchev–Trinajstić information content (AvgIpc) is 3.44. The van der Waals surface area contributed by atoms with Gasteiger partial charge in [-0.3, -0.25) is 4.79 Å². The third-order valence-corrected chi connectivity index (χ3v) is 8.50. The summed E-state index contributed by atoms with van der Waals surface area (Å²) in [5.74, 6) is -0.301. The molecule has 0 unspecified atom stereocenters. The van der Waals surface area contributed by atoms with Crippen LogP contribution in [0, 0.1) is 0 Å². The number of hydrogen-bond acceptors (Lipinski definition) is 7. The zero-order valence-electron chi connectivity index (χ0n) is 23.3. The highest BCUT2D eigenvalue weighted by atomic mass is 35.5. The Labute approximate surface area is 251 Å². The van der Waals surface area contributed by atoms with E-state index in [2.05, 4.69) is 5.10 Å². The van der Waals surface area contributed by atoms with Crippen molar-refractivity contribution in [1.29, 1.82) is 0 Å². The Morgan fingerprint density at radius 1 is 1.00 bits per heavy atom. The minimum Gasteiger partial charge on any atom is -0.497 e. The zero-order chi connectivity index (χ0) is 31.4. The third kappa shape index (κ3) is 6.79. The van der Waals surface area contributed by atoms with Gasteiger partial charge in [0.15, 0.2) is 0 Å². The number of amides is 1. The van der Waals surface area contributed by atoms with E-state index in [0.717, 1.165) is 12.1 Å². The van der Waals surface area contributed by atoms with Crippen molar-refractivity contribution in [3.63, 3.8) is 0 Å². The first-order valence-corrected chi connectivity index (χ1v) is 14.5. The van der Waals surface area contributed by atoms with E-state index in [1.807, 2.05) is 0 Å². The second-order valence-corrected chi connectivity index (χ2v) is 11.4. The highest BCUT2D eigenvalue weighted by Gasteiger charge is 2.38. The standard InChI is InChI=1S/C29H27ClF3N3O6S/c1-40-15-7-14-36(43(38,39)21-11-12-25(30)24(17-21)29(31,32)33)28(37)23-18-35(19-8-5-4-6-9-19)34-27(23)22-16-20(41-2)10-13-26(22)42-3/h4-6,8-13,16-18H,7,14-15H2,1-3H3. The van der Waals surface area contributed by atoms with Gasteiger partial charge in [-0.15, -0.1) is 0 Å². The number of hydrogen-bond donors (Lipinski definition) is 0. The van der Waals surface area contributed by atoms with Gasteiger partial charge in [0.2, 0.25) is 0 Å². The normalized spacial score (nSPS) is 11.8. The molecule has 4 aromatic rings. The summed E-state index contributed by atoms with van der Waals surface area (Å²) in [5.41, 5.74) is -0.561. The number of ether oxygens (including phenoxy) is 3. The second kappa shape index (κ2) is 13.1. The number of carbonyl (C=O) groups excluding carboxylic acids is 1. The number of rotatable bonds is 11. The lowest BCUT2D eigenvalue weighted by Crippen LogP contribution is -2.38. The fourth-order valence-corrected chi connectivity index (χ4v) is 5.94. The van der Waals surface area contributed by atoms with Gasteiger partial charge in [0.25, 0.3) is 15.9 Å². The average molecular weight is 638 g/mol. The van der Waals surface area contributed by atoms with Crippen molar-refractivity contribution in [2.75, 3.05) is 34.5 Å². The SMILES string of the molecule is COCCCN(C(=O)c1cn(-c2ccccc2)nc1-c1cc(OC)ccc1OC)S(=O)(=O)c1ccc(Cl)c(C(F)(F)F)c1. The van der Waals surface area contributed by atoms with E-state index in [1.165, 1.54) is 32.2 Å². The van der Waals surface area contributed by atoms with Gasteiger partial charge in [-0.25, -0.2) is 17.4 Å². The van der Waals surface area contributed by atoms with Gasteiger partial charge in [-0.1, -0.05) is 29.8 Å². The molecule has 228 valence electrons. The van der Waals surface area contributed by atoms with Crippen LogP contribution in [0.5, 0.6) is 11.5 Å². The van der Waals surface area contributed by atoms with Crippen molar-refractivity contribution >= 4 is 27.5 Å². The van der Waals surface area contributed by atoms with Gasteiger partial charge in [0, 0.05) is 32.0 Å². The van der Waals surface area contributed by atoms with Gasteiger partial charge in [-0.2, -0.15) is 18.3 Å². The van der Waals surface area contributed by atoms with Crippen molar-refractivity contribution in [3.8, 4) is 28.4 Å². The molecule has 0 atom stereocenters. The fraction of sp³-hybridized carbons (Fsp3) is 0.241. The van der Waals surface area contributed by atoms with Crippen LogP contribution in [0.3, 0.4) is 0 Å². The second-order valence-electron chi connectivity index (χ2n) is 9.11. The highest BCUT2D eigenvalue weighted by molar-refractivity contribution is 7.89. The van der Waals surface area contributed by atoms with Gasteiger partial charge in [0.1, 0.15) is 17.2 Å². The first-order valence-electron chi connectivity index (χ1n) is 12.7. The number of methoxy groups -OCH3 is 3. The molecule has 0 fully saturated rings. The molecule has 1 heterocycles. The molecule has 0 N–H and O–H groups in total. The molecule has 0 saturated carbocycles. The molecule has 0 bridgehead atoms. The lowest BCUT2D eigenvalue weighted by Gasteiger charge is -2.23. The molecule has 1 amide bonds. The Bertz CT molecular complexity index is 1710. The molecule has 0 aliphatic carbocycles. The van der Waals surface area contributed by atoms with Crippen LogP contribution in [-0.4, -0.2) is 62.9 Å². The van der Waals surface area contributed by atoms with Crippen LogP contribution in [-0.2, 0) is 20.9 Å². The van der Waals surface area contributed by atoms with E-state index in [4.69, 9.17) is 25.8 Å². The van der Waals surface area contributed by atoms with E-state index >= 15 is 0 Å². The van der Waals surface area contributed by atoms with Crippen LogP contribution in [0.25, 0.3) is 16.9 Å². The summed E-state index contributed by atoms with van der Waals surface area (Å²) < 4.78 is 86.4. The molecular formula is C29H27ClF3N3O6S. The molecule has 9 nitrogen and oxygen atoms in total. The summed E-state index contributed by atoms with van der Waals surface area (Å²) in [4.78, 5) is 13.5. The first kappa shape index (κ1) is 31.9. The quantitative estimate of drug-likeness (QED) is 0.183. The maximum Gasteiger partial charge on any atom is 0.417 e. The molecule has 0 aliphatic rings. The monoisotopic (exact) mass is 637 g/mol. The minimum atomic E-state index is -4.93. The zero-order valence-corrected chi connectivity index (χ0v) is 24.8. The van der Waals surface area contributed by atoms with Crippen LogP contribution in [0.1, 0.15) is 22.3 Å². The summed E-state index contributed by atoms with van der Waals surface area (Å²) in [5, 5.41) is 3.92. The smallest absolute Gasteiger partial charge is 0.417 e. The number of carbonyl (C=O) groups is 1. The largest absolute Gasteiger partial charge is 0.497 e. The van der Waals surface area contributed by atoms with Crippen molar-refractivity contribution in [3.05, 3.63) is 89.1 Å². The fourth-order valence-electron chi connectivity index (χ4n) is 4.27. The molecule has 14 heteroatoms. The predicted octanol–water partition coefficient (Wildman–Crippen LogP) is 6.10. The molecule has 3 aromatic carbocycles. The topological polar surface area (TPSA) is 100.0 Å². The van der Waals surface area contributed by atoms with Crippen molar-refractivity contribution in [1.82, 2.24) is 14.1 Å². The van der Waals surface area contributed by atoms with Crippen molar-refractivity contribution < 1.29 is 40.6 Å². The molecular weight excluding hydrogens is 611 g/mol. The predicted molar refractivity (Wildman–Crippen MR) is 153 cm³/mol. The molecule has 4 rings (SSSR count). The molecule has 0 spiro atoms. The lowest BCUT2D eigenvalue weighted by atomic mass is 10.1. The summed E-state index contributed by atoms with van der Waals surface area (Å²) in [6.07, 6.45) is -3.51. The Morgan fingerprint density at radius 3 is 2.35 bits per heavy atom. The number of sulfonamides is 1. The Balaban J connectivity index is 1.93. The Kier molecular flexibility index (Phi) is 9.68. The number of aromatic nitrogens is 2. The Hall–Kier alpha value is -4.07. The van der Waals surface area contributed by atoms with Crippen LogP contribution in [0.4, 0.5) is 13.2 Å². The number of benzene rings is 3. The van der Waals surface area contributed by atoms with Crippen LogP contribution >= 0.6 is 11.6 Å². The maximum atomic E-state index is 14.2. The number of alkyl halides is 3.